The minimum Gasteiger partial charge on any atom is -0.353 e. The maximum atomic E-state index is 9.71. The van der Waals surface area contributed by atoms with Crippen LogP contribution in [-0.4, -0.2) is 59.4 Å². The van der Waals surface area contributed by atoms with Crippen molar-refractivity contribution >= 4 is 11.3 Å². The van der Waals surface area contributed by atoms with Crippen molar-refractivity contribution in [2.24, 2.45) is 7.05 Å². The molecule has 190 valence electrons. The number of nitriles is 1. The number of pyridine rings is 3. The first kappa shape index (κ1) is 23.2. The molecule has 3 aliphatic rings. The molecule has 0 N–H and O–H groups in total. The van der Waals surface area contributed by atoms with E-state index in [2.05, 4.69) is 55.2 Å². The molecule has 8 rings (SSSR count). The van der Waals surface area contributed by atoms with Crippen molar-refractivity contribution in [3.05, 3.63) is 84.3 Å². The van der Waals surface area contributed by atoms with Crippen LogP contribution < -0.4 is 4.90 Å². The van der Waals surface area contributed by atoms with Crippen molar-refractivity contribution < 1.29 is 0 Å². The summed E-state index contributed by atoms with van der Waals surface area (Å²) in [7, 11) is 1.89. The van der Waals surface area contributed by atoms with Crippen molar-refractivity contribution in [2.45, 2.75) is 25.0 Å². The monoisotopic (exact) mass is 511 g/mol. The maximum Gasteiger partial charge on any atom is 0.128 e. The zero-order valence-electron chi connectivity index (χ0n) is 21.4. The highest BCUT2D eigenvalue weighted by molar-refractivity contribution is 5.87. The molecule has 2 bridgehead atoms. The van der Waals surface area contributed by atoms with Crippen LogP contribution in [0, 0.1) is 23.7 Å². The molecule has 5 aromatic rings. The lowest BCUT2D eigenvalue weighted by atomic mass is 9.87. The van der Waals surface area contributed by atoms with Gasteiger partial charge in [-0.3, -0.25) is 9.58 Å². The van der Waals surface area contributed by atoms with Crippen LogP contribution in [0.4, 0.5) is 5.82 Å². The Labute approximate surface area is 226 Å². The predicted octanol–water partition coefficient (Wildman–Crippen LogP) is 3.51. The summed E-state index contributed by atoms with van der Waals surface area (Å²) < 4.78 is 3.54. The first-order chi connectivity index (χ1) is 19.1. The minimum absolute atomic E-state index is 0.474. The van der Waals surface area contributed by atoms with Crippen LogP contribution in [0.15, 0.2) is 67.4 Å². The Morgan fingerprint density at radius 2 is 1.87 bits per heavy atom. The van der Waals surface area contributed by atoms with E-state index in [1.807, 2.05) is 50.0 Å². The van der Waals surface area contributed by atoms with E-state index < -0.39 is 0 Å². The molecule has 3 saturated heterocycles. The fourth-order valence-corrected chi connectivity index (χ4v) is 5.85. The molecule has 2 unspecified atom stereocenters. The summed E-state index contributed by atoms with van der Waals surface area (Å²) in [6, 6.07) is 15.4. The molecule has 5 aromatic heterocycles. The molecule has 0 saturated carbocycles. The van der Waals surface area contributed by atoms with Crippen LogP contribution in [0.2, 0.25) is 0 Å². The fraction of sp³-hybridized carbons (Fsp3) is 0.233. The van der Waals surface area contributed by atoms with Crippen molar-refractivity contribution in [2.75, 3.05) is 18.0 Å². The Hall–Kier alpha value is -4.99. The number of aryl methyl sites for hydroxylation is 1. The van der Waals surface area contributed by atoms with E-state index in [-0.39, 0.29) is 0 Å². The molecule has 0 spiro atoms. The summed E-state index contributed by atoms with van der Waals surface area (Å²) in [5.74, 6) is 3.59. The summed E-state index contributed by atoms with van der Waals surface area (Å²) >= 11 is 0. The predicted molar refractivity (Wildman–Crippen MR) is 147 cm³/mol. The molecule has 39 heavy (non-hydrogen) atoms. The summed E-state index contributed by atoms with van der Waals surface area (Å²) in [6.45, 7) is 2.68. The van der Waals surface area contributed by atoms with Gasteiger partial charge in [0, 0.05) is 79.6 Å². The van der Waals surface area contributed by atoms with Crippen LogP contribution in [0.3, 0.4) is 0 Å². The average Bonchev–Trinajstić information content (AvgIpc) is 3.61. The van der Waals surface area contributed by atoms with Gasteiger partial charge in [-0.15, -0.1) is 6.42 Å². The third-order valence-electron chi connectivity index (χ3n) is 7.80. The van der Waals surface area contributed by atoms with Gasteiger partial charge in [0.15, 0.2) is 0 Å². The zero-order chi connectivity index (χ0) is 26.5. The fourth-order valence-electron chi connectivity index (χ4n) is 5.85. The molecule has 9 nitrogen and oxygen atoms in total. The lowest BCUT2D eigenvalue weighted by Gasteiger charge is -2.56. The number of piperidine rings is 1. The first-order valence-electron chi connectivity index (χ1n) is 12.9. The maximum absolute atomic E-state index is 9.71. The van der Waals surface area contributed by atoms with Gasteiger partial charge in [-0.1, -0.05) is 12.0 Å². The average molecular weight is 512 g/mol. The highest BCUT2D eigenvalue weighted by Gasteiger charge is 2.44. The van der Waals surface area contributed by atoms with Crippen LogP contribution >= 0.6 is 0 Å². The zero-order valence-corrected chi connectivity index (χ0v) is 21.4. The van der Waals surface area contributed by atoms with E-state index in [0.717, 1.165) is 58.9 Å². The summed E-state index contributed by atoms with van der Waals surface area (Å²) in [5.41, 5.74) is 6.83. The van der Waals surface area contributed by atoms with Crippen molar-refractivity contribution in [3.8, 4) is 40.7 Å². The summed E-state index contributed by atoms with van der Waals surface area (Å²) in [4.78, 5) is 14.3. The summed E-state index contributed by atoms with van der Waals surface area (Å²) in [5, 5.41) is 18.5. The van der Waals surface area contributed by atoms with Gasteiger partial charge >= 0.3 is 0 Å². The third-order valence-corrected chi connectivity index (χ3v) is 7.80. The third kappa shape index (κ3) is 4.01. The van der Waals surface area contributed by atoms with E-state index in [1.54, 1.807) is 15.4 Å². The van der Waals surface area contributed by atoms with Crippen LogP contribution in [0.25, 0.3) is 27.8 Å². The molecule has 0 amide bonds. The lowest BCUT2D eigenvalue weighted by Crippen LogP contribution is -2.68. The van der Waals surface area contributed by atoms with Gasteiger partial charge in [0.2, 0.25) is 0 Å². The van der Waals surface area contributed by atoms with E-state index in [4.69, 9.17) is 11.4 Å². The molecule has 9 heteroatoms. The van der Waals surface area contributed by atoms with Crippen molar-refractivity contribution in [3.63, 3.8) is 0 Å². The molecule has 8 heterocycles. The number of terminal acetylenes is 1. The number of anilines is 1. The Bertz CT molecular complexity index is 1770. The Morgan fingerprint density at radius 3 is 2.59 bits per heavy atom. The molecule has 2 atom stereocenters. The Morgan fingerprint density at radius 1 is 1.00 bits per heavy atom. The Balaban J connectivity index is 1.14. The molecule has 0 radical (unpaired) electrons. The number of nitrogens with zero attached hydrogens (tertiary/aromatic N) is 9. The molecule has 3 fully saturated rings. The smallest absolute Gasteiger partial charge is 0.128 e. The number of hydrogen-bond donors (Lipinski definition) is 0. The van der Waals surface area contributed by atoms with Gasteiger partial charge in [-0.25, -0.2) is 14.5 Å². The van der Waals surface area contributed by atoms with Crippen molar-refractivity contribution in [1.29, 1.82) is 5.26 Å². The number of fused-ring (bicyclic) bond motifs is 3. The van der Waals surface area contributed by atoms with Gasteiger partial charge in [-0.05, 0) is 36.8 Å². The highest BCUT2D eigenvalue weighted by atomic mass is 15.4. The summed E-state index contributed by atoms with van der Waals surface area (Å²) in [6.07, 6.45) is 16.0. The molecular formula is C30H25N9. The van der Waals surface area contributed by atoms with Gasteiger partial charge in [-0.2, -0.15) is 15.5 Å². The molecule has 0 aromatic carbocycles. The highest BCUT2D eigenvalue weighted by Crippen LogP contribution is 2.36. The number of hydrogen-bond acceptors (Lipinski definition) is 7. The van der Waals surface area contributed by atoms with E-state index in [0.29, 0.717) is 23.3 Å². The largest absolute Gasteiger partial charge is 0.353 e. The van der Waals surface area contributed by atoms with Crippen LogP contribution in [0.5, 0.6) is 0 Å². The standard InChI is InChI=1S/C30H25N9/c1-3-24-5-4-6-25(35-24)17-38-26-10-27(38)19-37(18-26)29-8-7-20(12-32-29)28-9-21(23-14-33-36(2)15-23)16-39-30(28)22(11-31)13-34-39/h1,4-9,12-16,26-27H,10,17-19H2,2H3. The van der Waals surface area contributed by atoms with Crippen molar-refractivity contribution in [1.82, 2.24) is 34.3 Å². The molecule has 0 aliphatic carbocycles. The van der Waals surface area contributed by atoms with E-state index in [1.165, 1.54) is 6.42 Å². The topological polar surface area (TPSA) is 91.2 Å². The second kappa shape index (κ2) is 9.09. The second-order valence-electron chi connectivity index (χ2n) is 10.2. The number of aromatic nitrogens is 6. The molecular weight excluding hydrogens is 486 g/mol. The van der Waals surface area contributed by atoms with Gasteiger partial charge in [0.25, 0.3) is 0 Å². The quantitative estimate of drug-likeness (QED) is 0.334. The van der Waals surface area contributed by atoms with E-state index >= 15 is 0 Å². The lowest BCUT2D eigenvalue weighted by molar-refractivity contribution is -0.00968. The minimum atomic E-state index is 0.474. The van der Waals surface area contributed by atoms with Gasteiger partial charge in [0.1, 0.15) is 17.6 Å². The Kier molecular flexibility index (Phi) is 5.39. The van der Waals surface area contributed by atoms with Gasteiger partial charge < -0.3 is 4.90 Å². The van der Waals surface area contributed by atoms with Gasteiger partial charge in [0.05, 0.1) is 29.2 Å². The normalized spacial score (nSPS) is 18.5. The molecule has 3 aliphatic heterocycles. The first-order valence-corrected chi connectivity index (χ1v) is 12.9. The number of piperazine rings is 1. The second-order valence-corrected chi connectivity index (χ2v) is 10.2. The van der Waals surface area contributed by atoms with E-state index in [9.17, 15) is 5.26 Å². The number of rotatable bonds is 5. The van der Waals surface area contributed by atoms with Crippen LogP contribution in [-0.2, 0) is 13.6 Å². The van der Waals surface area contributed by atoms with Crippen LogP contribution in [0.1, 0.15) is 23.4 Å². The SMILES string of the molecule is C#Cc1cccc(CN2C3CC2CN(c2ccc(-c4cc(-c5cnn(C)c5)cn5ncc(C#N)c45)cn2)C3)n1.